The van der Waals surface area contributed by atoms with E-state index in [0.29, 0.717) is 6.04 Å². The summed E-state index contributed by atoms with van der Waals surface area (Å²) in [5.41, 5.74) is 0. The smallest absolute Gasteiger partial charge is 0.103 e. The maximum Gasteiger partial charge on any atom is 0.103 e. The van der Waals surface area contributed by atoms with Gasteiger partial charge in [-0.3, -0.25) is 0 Å². The van der Waals surface area contributed by atoms with Crippen molar-refractivity contribution in [1.29, 1.82) is 0 Å². The molecule has 1 aromatic heterocycles. The molecule has 1 aliphatic rings. The van der Waals surface area contributed by atoms with Crippen molar-refractivity contribution >= 4 is 0 Å². The molecule has 1 atom stereocenters. The van der Waals surface area contributed by atoms with E-state index < -0.39 is 0 Å². The third kappa shape index (κ3) is 2.88. The Kier molecular flexibility index (Phi) is 2.69. The van der Waals surface area contributed by atoms with Crippen LogP contribution in [-0.2, 0) is 6.42 Å². The van der Waals surface area contributed by atoms with Crippen molar-refractivity contribution < 1.29 is 4.42 Å². The second-order valence-corrected chi connectivity index (χ2v) is 3.96. The highest BCUT2D eigenvalue weighted by Gasteiger charge is 2.22. The summed E-state index contributed by atoms with van der Waals surface area (Å²) in [5, 5.41) is 3.57. The summed E-state index contributed by atoms with van der Waals surface area (Å²) in [6, 6.07) is 5.43. The van der Waals surface area contributed by atoms with E-state index in [1.807, 2.05) is 12.1 Å². The number of nitrogens with one attached hydrogen (secondary N) is 1. The summed E-state index contributed by atoms with van der Waals surface area (Å²) in [6.45, 7) is 2.25. The molecule has 0 aromatic carbocycles. The van der Waals surface area contributed by atoms with E-state index in [0.717, 1.165) is 18.2 Å². The molecule has 2 heteroatoms. The van der Waals surface area contributed by atoms with Gasteiger partial charge >= 0.3 is 0 Å². The van der Waals surface area contributed by atoms with Crippen LogP contribution < -0.4 is 5.32 Å². The molecule has 0 spiro atoms. The summed E-state index contributed by atoms with van der Waals surface area (Å²) in [5.74, 6) is 1.10. The molecule has 1 heterocycles. The highest BCUT2D eigenvalue weighted by atomic mass is 16.3. The normalized spacial score (nSPS) is 18.8. The van der Waals surface area contributed by atoms with Crippen LogP contribution in [0.15, 0.2) is 22.8 Å². The lowest BCUT2D eigenvalue weighted by atomic mass is 10.1. The van der Waals surface area contributed by atoms with E-state index in [1.54, 1.807) is 6.26 Å². The standard InChI is InChI=1S/C11H17NO/c1-9(12-10-5-6-10)4-7-11-3-2-8-13-11/h2-3,8-10,12H,4-7H2,1H3. The van der Waals surface area contributed by atoms with Crippen LogP contribution in [0.5, 0.6) is 0 Å². The largest absolute Gasteiger partial charge is 0.469 e. The zero-order chi connectivity index (χ0) is 9.10. The van der Waals surface area contributed by atoms with Gasteiger partial charge in [0.1, 0.15) is 5.76 Å². The molecule has 1 fully saturated rings. The monoisotopic (exact) mass is 179 g/mol. The summed E-state index contributed by atoms with van der Waals surface area (Å²) >= 11 is 0. The second-order valence-electron chi connectivity index (χ2n) is 3.96. The highest BCUT2D eigenvalue weighted by Crippen LogP contribution is 2.20. The number of furan rings is 1. The van der Waals surface area contributed by atoms with Gasteiger partial charge in [-0.2, -0.15) is 0 Å². The molecule has 1 aromatic rings. The van der Waals surface area contributed by atoms with Crippen LogP contribution in [0.25, 0.3) is 0 Å². The second kappa shape index (κ2) is 3.97. The molecule has 2 rings (SSSR count). The van der Waals surface area contributed by atoms with E-state index in [1.165, 1.54) is 19.3 Å². The van der Waals surface area contributed by atoms with E-state index in [9.17, 15) is 0 Å². The molecular weight excluding hydrogens is 162 g/mol. The number of hydrogen-bond donors (Lipinski definition) is 1. The van der Waals surface area contributed by atoms with E-state index in [-0.39, 0.29) is 0 Å². The van der Waals surface area contributed by atoms with Gasteiger partial charge in [-0.15, -0.1) is 0 Å². The number of hydrogen-bond acceptors (Lipinski definition) is 2. The first-order chi connectivity index (χ1) is 6.34. The average Bonchev–Trinajstić information content (AvgIpc) is 2.78. The maximum atomic E-state index is 5.28. The Labute approximate surface area is 79.3 Å². The Bertz CT molecular complexity index is 239. The van der Waals surface area contributed by atoms with Gasteiger partial charge in [-0.05, 0) is 38.3 Å². The van der Waals surface area contributed by atoms with Crippen molar-refractivity contribution in [2.24, 2.45) is 0 Å². The Morgan fingerprint density at radius 1 is 1.62 bits per heavy atom. The van der Waals surface area contributed by atoms with Gasteiger partial charge < -0.3 is 9.73 Å². The first-order valence-electron chi connectivity index (χ1n) is 5.13. The number of rotatable bonds is 5. The Balaban J connectivity index is 1.66. The lowest BCUT2D eigenvalue weighted by Crippen LogP contribution is -2.28. The summed E-state index contributed by atoms with van der Waals surface area (Å²) in [7, 11) is 0. The minimum Gasteiger partial charge on any atom is -0.469 e. The quantitative estimate of drug-likeness (QED) is 0.750. The first kappa shape index (κ1) is 8.82. The predicted octanol–water partition coefficient (Wildman–Crippen LogP) is 2.35. The van der Waals surface area contributed by atoms with Gasteiger partial charge in [0.15, 0.2) is 0 Å². The zero-order valence-electron chi connectivity index (χ0n) is 8.12. The highest BCUT2D eigenvalue weighted by molar-refractivity contribution is 4.98. The Hall–Kier alpha value is -0.760. The van der Waals surface area contributed by atoms with Crippen molar-refractivity contribution in [3.05, 3.63) is 24.2 Å². The SMILES string of the molecule is CC(CCc1ccco1)NC1CC1. The molecule has 1 unspecified atom stereocenters. The molecule has 0 saturated heterocycles. The number of aryl methyl sites for hydroxylation is 1. The Morgan fingerprint density at radius 3 is 3.08 bits per heavy atom. The van der Waals surface area contributed by atoms with Crippen molar-refractivity contribution in [3.8, 4) is 0 Å². The minimum atomic E-state index is 0.623. The van der Waals surface area contributed by atoms with E-state index >= 15 is 0 Å². The lowest BCUT2D eigenvalue weighted by Gasteiger charge is -2.11. The molecule has 72 valence electrons. The predicted molar refractivity (Wildman–Crippen MR) is 52.6 cm³/mol. The summed E-state index contributed by atoms with van der Waals surface area (Å²) in [6.07, 6.45) is 6.70. The molecule has 1 saturated carbocycles. The molecule has 0 aliphatic heterocycles. The summed E-state index contributed by atoms with van der Waals surface area (Å²) in [4.78, 5) is 0. The van der Waals surface area contributed by atoms with Crippen molar-refractivity contribution in [2.45, 2.75) is 44.7 Å². The van der Waals surface area contributed by atoms with Crippen LogP contribution in [0.3, 0.4) is 0 Å². The van der Waals surface area contributed by atoms with Crippen LogP contribution in [0, 0.1) is 0 Å². The van der Waals surface area contributed by atoms with Crippen molar-refractivity contribution in [3.63, 3.8) is 0 Å². The van der Waals surface area contributed by atoms with Gasteiger partial charge in [0, 0.05) is 18.5 Å². The topological polar surface area (TPSA) is 25.2 Å². The molecule has 2 nitrogen and oxygen atoms in total. The molecule has 0 radical (unpaired) electrons. The van der Waals surface area contributed by atoms with Crippen molar-refractivity contribution in [2.75, 3.05) is 0 Å². The van der Waals surface area contributed by atoms with Gasteiger partial charge in [0.2, 0.25) is 0 Å². The van der Waals surface area contributed by atoms with E-state index in [4.69, 9.17) is 4.42 Å². The Morgan fingerprint density at radius 2 is 2.46 bits per heavy atom. The summed E-state index contributed by atoms with van der Waals surface area (Å²) < 4.78 is 5.28. The van der Waals surface area contributed by atoms with E-state index in [2.05, 4.69) is 12.2 Å². The van der Waals surface area contributed by atoms with Crippen molar-refractivity contribution in [1.82, 2.24) is 5.32 Å². The maximum absolute atomic E-state index is 5.28. The average molecular weight is 179 g/mol. The van der Waals surface area contributed by atoms with Crippen LogP contribution >= 0.6 is 0 Å². The lowest BCUT2D eigenvalue weighted by molar-refractivity contribution is 0.459. The molecular formula is C11H17NO. The zero-order valence-corrected chi connectivity index (χ0v) is 8.12. The minimum absolute atomic E-state index is 0.623. The fraction of sp³-hybridized carbons (Fsp3) is 0.636. The molecule has 1 N–H and O–H groups in total. The van der Waals surface area contributed by atoms with Crippen LogP contribution in [0.2, 0.25) is 0 Å². The fourth-order valence-electron chi connectivity index (χ4n) is 1.55. The molecule has 0 amide bonds. The fourth-order valence-corrected chi connectivity index (χ4v) is 1.55. The van der Waals surface area contributed by atoms with Crippen LogP contribution in [0.1, 0.15) is 31.9 Å². The van der Waals surface area contributed by atoms with Gasteiger partial charge in [0.25, 0.3) is 0 Å². The third-order valence-electron chi connectivity index (χ3n) is 2.50. The van der Waals surface area contributed by atoms with Gasteiger partial charge in [0.05, 0.1) is 6.26 Å². The third-order valence-corrected chi connectivity index (χ3v) is 2.50. The van der Waals surface area contributed by atoms with Crippen LogP contribution in [-0.4, -0.2) is 12.1 Å². The van der Waals surface area contributed by atoms with Gasteiger partial charge in [-0.25, -0.2) is 0 Å². The molecule has 13 heavy (non-hydrogen) atoms. The van der Waals surface area contributed by atoms with Crippen LogP contribution in [0.4, 0.5) is 0 Å². The van der Waals surface area contributed by atoms with Gasteiger partial charge in [-0.1, -0.05) is 0 Å². The first-order valence-corrected chi connectivity index (χ1v) is 5.13. The molecule has 1 aliphatic carbocycles. The molecule has 0 bridgehead atoms.